The predicted molar refractivity (Wildman–Crippen MR) is 144 cm³/mol. The molecule has 0 N–H and O–H groups in total. The van der Waals surface area contributed by atoms with E-state index >= 15 is 0 Å². The standard InChI is InChI=1S/C28H32N4O7/c1-14-27(37-15(2)33)18(30-31-29)12-23(36-14)38-22-11-17-20(39-28(22,3)4)13-21(35-6)24-25(17)32(5)19-10-8-7-9-16(19)26(24)34/h7-10,13-14,18,22-23,27H,11-12H2,1-6H3/t14-,18-,22-,23-,27-/m0/s1. The Labute approximate surface area is 225 Å². The second-order valence-electron chi connectivity index (χ2n) is 10.6. The third-order valence-corrected chi connectivity index (χ3v) is 7.62. The summed E-state index contributed by atoms with van der Waals surface area (Å²) in [6, 6.07) is 8.59. The highest BCUT2D eigenvalue weighted by atomic mass is 16.7. The molecule has 3 heterocycles. The van der Waals surface area contributed by atoms with E-state index in [0.717, 1.165) is 16.6 Å². The highest BCUT2D eigenvalue weighted by molar-refractivity contribution is 5.99. The first-order valence-electron chi connectivity index (χ1n) is 12.9. The van der Waals surface area contributed by atoms with Gasteiger partial charge in [0.2, 0.25) is 5.43 Å². The van der Waals surface area contributed by atoms with Crippen LogP contribution in [-0.4, -0.2) is 53.9 Å². The minimum absolute atomic E-state index is 0.112. The van der Waals surface area contributed by atoms with Gasteiger partial charge in [-0.05, 0) is 38.4 Å². The molecule has 0 radical (unpaired) electrons. The SMILES string of the molecule is COc1cc2c(c3c1c(=O)c1ccccc1n3C)C[C@H](O[C@H]1C[C@H](N=[N+]=[N-])[C@@H](OC(C)=O)[C@H](C)O1)C(C)(C)O2. The van der Waals surface area contributed by atoms with Crippen molar-refractivity contribution < 1.29 is 28.5 Å². The number of benzene rings is 2. The molecule has 2 aliphatic rings. The van der Waals surface area contributed by atoms with Crippen LogP contribution in [0.4, 0.5) is 0 Å². The number of aryl methyl sites for hydroxylation is 1. The summed E-state index contributed by atoms with van der Waals surface area (Å²) in [5.74, 6) is 0.588. The van der Waals surface area contributed by atoms with Crippen molar-refractivity contribution in [2.24, 2.45) is 12.2 Å². The van der Waals surface area contributed by atoms with E-state index in [4.69, 9.17) is 29.2 Å². The first-order chi connectivity index (χ1) is 18.6. The van der Waals surface area contributed by atoms with Gasteiger partial charge >= 0.3 is 5.97 Å². The van der Waals surface area contributed by atoms with Gasteiger partial charge in [-0.2, -0.15) is 0 Å². The zero-order chi connectivity index (χ0) is 28.1. The second-order valence-corrected chi connectivity index (χ2v) is 10.6. The first-order valence-corrected chi connectivity index (χ1v) is 12.9. The highest BCUT2D eigenvalue weighted by Gasteiger charge is 2.45. The molecule has 0 amide bonds. The van der Waals surface area contributed by atoms with Crippen LogP contribution in [0.5, 0.6) is 11.5 Å². The Balaban J connectivity index is 1.55. The van der Waals surface area contributed by atoms with Crippen LogP contribution in [0.15, 0.2) is 40.2 Å². The molecule has 1 aromatic heterocycles. The minimum Gasteiger partial charge on any atom is -0.496 e. The van der Waals surface area contributed by atoms with Gasteiger partial charge in [-0.25, -0.2) is 0 Å². The maximum atomic E-state index is 13.6. The number of nitrogens with zero attached hydrogens (tertiary/aromatic N) is 4. The summed E-state index contributed by atoms with van der Waals surface area (Å²) in [5, 5.41) is 4.94. The van der Waals surface area contributed by atoms with Crippen molar-refractivity contribution in [3.05, 3.63) is 56.6 Å². The Morgan fingerprint density at radius 1 is 1.28 bits per heavy atom. The Bertz CT molecular complexity index is 1560. The third kappa shape index (κ3) is 4.67. The molecular weight excluding hydrogens is 504 g/mol. The Morgan fingerprint density at radius 2 is 2.03 bits per heavy atom. The molecule has 1 saturated heterocycles. The lowest BCUT2D eigenvalue weighted by Gasteiger charge is -2.44. The summed E-state index contributed by atoms with van der Waals surface area (Å²) in [7, 11) is 3.46. The Morgan fingerprint density at radius 3 is 2.72 bits per heavy atom. The van der Waals surface area contributed by atoms with E-state index in [9.17, 15) is 9.59 Å². The number of methoxy groups -OCH3 is 1. The third-order valence-electron chi connectivity index (χ3n) is 7.62. The largest absolute Gasteiger partial charge is 0.496 e. The lowest BCUT2D eigenvalue weighted by Crippen LogP contribution is -2.54. The van der Waals surface area contributed by atoms with Gasteiger partial charge in [0, 0.05) is 48.7 Å². The van der Waals surface area contributed by atoms with Crippen molar-refractivity contribution in [1.29, 1.82) is 0 Å². The lowest BCUT2D eigenvalue weighted by molar-refractivity contribution is -0.261. The molecule has 1 fully saturated rings. The molecule has 3 aromatic rings. The van der Waals surface area contributed by atoms with Crippen LogP contribution in [0.1, 0.15) is 39.7 Å². The topological polar surface area (TPSA) is 134 Å². The van der Waals surface area contributed by atoms with Crippen molar-refractivity contribution >= 4 is 27.8 Å². The summed E-state index contributed by atoms with van der Waals surface area (Å²) in [6.45, 7) is 6.91. The van der Waals surface area contributed by atoms with Crippen LogP contribution >= 0.6 is 0 Å². The molecule has 0 bridgehead atoms. The summed E-state index contributed by atoms with van der Waals surface area (Å²) in [6.07, 6.45) is -1.84. The first kappa shape index (κ1) is 26.8. The van der Waals surface area contributed by atoms with Gasteiger partial charge in [-0.1, -0.05) is 17.2 Å². The average molecular weight is 537 g/mol. The number of para-hydroxylation sites is 1. The van der Waals surface area contributed by atoms with Crippen LogP contribution in [0.25, 0.3) is 32.2 Å². The number of carbonyl (C=O) groups is 1. The molecule has 11 heteroatoms. The average Bonchev–Trinajstić information content (AvgIpc) is 2.88. The quantitative estimate of drug-likeness (QED) is 0.154. The summed E-state index contributed by atoms with van der Waals surface area (Å²) >= 11 is 0. The molecule has 0 unspecified atom stereocenters. The van der Waals surface area contributed by atoms with Crippen LogP contribution in [-0.2, 0) is 32.5 Å². The van der Waals surface area contributed by atoms with Crippen LogP contribution in [0.3, 0.4) is 0 Å². The van der Waals surface area contributed by atoms with E-state index in [0.29, 0.717) is 28.7 Å². The van der Waals surface area contributed by atoms with Crippen molar-refractivity contribution in [2.45, 2.75) is 76.8 Å². The molecule has 5 rings (SSSR count). The number of fused-ring (bicyclic) bond motifs is 4. The van der Waals surface area contributed by atoms with Gasteiger partial charge in [-0.15, -0.1) is 0 Å². The molecule has 5 atom stereocenters. The summed E-state index contributed by atoms with van der Waals surface area (Å²) in [5.41, 5.74) is 10.6. The van der Waals surface area contributed by atoms with Gasteiger partial charge in [-0.3, -0.25) is 9.59 Å². The molecule has 2 aromatic carbocycles. The van der Waals surface area contributed by atoms with E-state index in [1.807, 2.05) is 49.7 Å². The van der Waals surface area contributed by atoms with Crippen molar-refractivity contribution in [3.63, 3.8) is 0 Å². The lowest BCUT2D eigenvalue weighted by atomic mass is 9.88. The molecule has 0 spiro atoms. The fraction of sp³-hybridized carbons (Fsp3) is 0.500. The normalized spacial score (nSPS) is 25.8. The maximum Gasteiger partial charge on any atom is 0.303 e. The van der Waals surface area contributed by atoms with Crippen molar-refractivity contribution in [2.75, 3.05) is 7.11 Å². The van der Waals surface area contributed by atoms with Crippen LogP contribution in [0.2, 0.25) is 0 Å². The molecule has 2 aliphatic heterocycles. The van der Waals surface area contributed by atoms with Crippen LogP contribution < -0.4 is 14.9 Å². The molecule has 0 aliphatic carbocycles. The van der Waals surface area contributed by atoms with E-state index in [-0.39, 0.29) is 11.8 Å². The van der Waals surface area contributed by atoms with E-state index in [1.165, 1.54) is 6.92 Å². The second kappa shape index (κ2) is 10.1. The molecular formula is C28H32N4O7. The number of esters is 1. The molecule has 39 heavy (non-hydrogen) atoms. The number of rotatable bonds is 5. The van der Waals surface area contributed by atoms with E-state index in [1.54, 1.807) is 20.1 Å². The smallest absolute Gasteiger partial charge is 0.303 e. The van der Waals surface area contributed by atoms with Crippen molar-refractivity contribution in [1.82, 2.24) is 4.57 Å². The molecule has 11 nitrogen and oxygen atoms in total. The number of azide groups is 1. The van der Waals surface area contributed by atoms with Gasteiger partial charge < -0.3 is 28.3 Å². The predicted octanol–water partition coefficient (Wildman–Crippen LogP) is 4.54. The number of carbonyl (C=O) groups excluding carboxylic acids is 1. The summed E-state index contributed by atoms with van der Waals surface area (Å²) < 4.78 is 32.1. The van der Waals surface area contributed by atoms with Gasteiger partial charge in [0.25, 0.3) is 0 Å². The van der Waals surface area contributed by atoms with E-state index < -0.39 is 42.2 Å². The number of aromatic nitrogens is 1. The monoisotopic (exact) mass is 536 g/mol. The molecule has 206 valence electrons. The zero-order valence-corrected chi connectivity index (χ0v) is 22.8. The van der Waals surface area contributed by atoms with Gasteiger partial charge in [0.15, 0.2) is 6.29 Å². The zero-order valence-electron chi connectivity index (χ0n) is 22.8. The van der Waals surface area contributed by atoms with Gasteiger partial charge in [0.05, 0.1) is 35.7 Å². The highest BCUT2D eigenvalue weighted by Crippen LogP contribution is 2.43. The number of ether oxygens (including phenoxy) is 5. The van der Waals surface area contributed by atoms with Crippen LogP contribution in [0, 0.1) is 0 Å². The number of hydrogen-bond acceptors (Lipinski definition) is 8. The maximum absolute atomic E-state index is 13.6. The fourth-order valence-corrected chi connectivity index (χ4v) is 5.74. The van der Waals surface area contributed by atoms with E-state index in [2.05, 4.69) is 10.0 Å². The number of hydrogen-bond donors (Lipinski definition) is 0. The Kier molecular flexibility index (Phi) is 6.92. The molecule has 0 saturated carbocycles. The van der Waals surface area contributed by atoms with Gasteiger partial charge in [0.1, 0.15) is 29.3 Å². The summed E-state index contributed by atoms with van der Waals surface area (Å²) in [4.78, 5) is 28.1. The minimum atomic E-state index is -0.769. The number of pyridine rings is 1. The van der Waals surface area contributed by atoms with Crippen molar-refractivity contribution in [3.8, 4) is 11.5 Å². The Hall–Kier alpha value is -3.79. The fourth-order valence-electron chi connectivity index (χ4n) is 5.74.